The first-order chi connectivity index (χ1) is 9.58. The molecule has 2 aromatic rings. The number of ether oxygens (including phenoxy) is 1. The summed E-state index contributed by atoms with van der Waals surface area (Å²) in [5, 5.41) is 3.56. The predicted molar refractivity (Wildman–Crippen MR) is 80.1 cm³/mol. The lowest BCUT2D eigenvalue weighted by Crippen LogP contribution is -2.35. The number of hydrogen-bond acceptors (Lipinski definition) is 5. The number of methoxy groups -OCH3 is 1. The first-order valence-corrected chi connectivity index (χ1v) is 7.06. The Bertz CT molecular complexity index is 651. The number of thiophene rings is 1. The van der Waals surface area contributed by atoms with Crippen molar-refractivity contribution >= 4 is 39.0 Å². The molecule has 0 fully saturated rings. The number of carbonyl (C=O) groups is 2. The van der Waals surface area contributed by atoms with Crippen LogP contribution >= 0.6 is 11.3 Å². The van der Waals surface area contributed by atoms with E-state index in [0.29, 0.717) is 17.0 Å². The quantitative estimate of drug-likeness (QED) is 0.848. The first-order valence-electron chi connectivity index (χ1n) is 6.24. The Balaban J connectivity index is 2.48. The molecule has 1 aromatic carbocycles. The highest BCUT2D eigenvalue weighted by molar-refractivity contribution is 7.21. The van der Waals surface area contributed by atoms with Crippen LogP contribution in [0.25, 0.3) is 10.1 Å². The maximum absolute atomic E-state index is 12.0. The Labute approximate surface area is 120 Å². The van der Waals surface area contributed by atoms with Crippen molar-refractivity contribution in [1.82, 2.24) is 0 Å². The molecule has 2 rings (SSSR count). The van der Waals surface area contributed by atoms with Gasteiger partial charge >= 0.3 is 5.97 Å². The highest BCUT2D eigenvalue weighted by atomic mass is 32.1. The summed E-state index contributed by atoms with van der Waals surface area (Å²) in [6.07, 6.45) is 0.529. The van der Waals surface area contributed by atoms with Crippen molar-refractivity contribution in [1.29, 1.82) is 0 Å². The van der Waals surface area contributed by atoms with Crippen LogP contribution in [-0.4, -0.2) is 25.0 Å². The summed E-state index contributed by atoms with van der Waals surface area (Å²) in [5.74, 6) is -0.771. The van der Waals surface area contributed by atoms with Crippen molar-refractivity contribution in [3.63, 3.8) is 0 Å². The molecular formula is C14H16N2O3S. The molecule has 0 aliphatic rings. The average Bonchev–Trinajstić information content (AvgIpc) is 2.84. The summed E-state index contributed by atoms with van der Waals surface area (Å²) in [7, 11) is 1.32. The maximum Gasteiger partial charge on any atom is 0.350 e. The van der Waals surface area contributed by atoms with Crippen LogP contribution in [0.4, 0.5) is 5.69 Å². The van der Waals surface area contributed by atoms with Gasteiger partial charge in [-0.25, -0.2) is 4.79 Å². The Morgan fingerprint density at radius 3 is 2.75 bits per heavy atom. The second kappa shape index (κ2) is 6.02. The Morgan fingerprint density at radius 1 is 1.40 bits per heavy atom. The molecule has 0 aliphatic carbocycles. The molecule has 0 spiro atoms. The number of nitrogens with two attached hydrogens (primary N) is 1. The number of carbonyl (C=O) groups excluding carboxylic acids is 2. The molecule has 6 heteroatoms. The van der Waals surface area contributed by atoms with Gasteiger partial charge < -0.3 is 15.8 Å². The largest absolute Gasteiger partial charge is 0.465 e. The molecule has 1 aromatic heterocycles. The molecule has 1 amide bonds. The SMILES string of the molecule is CC[C@H](N)C(=O)Nc1c(C(=O)OC)sc2ccccc12. The van der Waals surface area contributed by atoms with E-state index in [1.165, 1.54) is 18.4 Å². The van der Waals surface area contributed by atoms with E-state index in [-0.39, 0.29) is 5.91 Å². The Kier molecular flexibility index (Phi) is 4.36. The zero-order chi connectivity index (χ0) is 14.7. The van der Waals surface area contributed by atoms with E-state index in [1.54, 1.807) is 0 Å². The number of nitrogens with one attached hydrogen (secondary N) is 1. The fourth-order valence-electron chi connectivity index (χ4n) is 1.81. The lowest BCUT2D eigenvalue weighted by molar-refractivity contribution is -0.117. The van der Waals surface area contributed by atoms with Crippen molar-refractivity contribution in [3.8, 4) is 0 Å². The van der Waals surface area contributed by atoms with Gasteiger partial charge in [-0.15, -0.1) is 11.3 Å². The summed E-state index contributed by atoms with van der Waals surface area (Å²) in [4.78, 5) is 24.2. The van der Waals surface area contributed by atoms with Gasteiger partial charge in [0.1, 0.15) is 4.88 Å². The van der Waals surface area contributed by atoms with Gasteiger partial charge in [0, 0.05) is 10.1 Å². The molecule has 0 unspecified atom stereocenters. The summed E-state index contributed by atoms with van der Waals surface area (Å²) in [5.41, 5.74) is 6.19. The van der Waals surface area contributed by atoms with Crippen molar-refractivity contribution in [2.75, 3.05) is 12.4 Å². The molecule has 1 heterocycles. The van der Waals surface area contributed by atoms with Crippen LogP contribution in [0.5, 0.6) is 0 Å². The standard InChI is InChI=1S/C14H16N2O3S/c1-3-9(15)13(17)16-11-8-6-4-5-7-10(8)20-12(11)14(18)19-2/h4-7,9H,3,15H2,1-2H3,(H,16,17)/t9-/m0/s1. The van der Waals surface area contributed by atoms with E-state index in [1.807, 2.05) is 31.2 Å². The third kappa shape index (κ3) is 2.66. The molecule has 0 saturated carbocycles. The Hall–Kier alpha value is -1.92. The van der Waals surface area contributed by atoms with Crippen molar-refractivity contribution in [3.05, 3.63) is 29.1 Å². The average molecular weight is 292 g/mol. The topological polar surface area (TPSA) is 81.4 Å². The minimum atomic E-state index is -0.598. The molecule has 1 atom stereocenters. The van der Waals surface area contributed by atoms with E-state index in [0.717, 1.165) is 10.1 Å². The smallest absolute Gasteiger partial charge is 0.350 e. The zero-order valence-electron chi connectivity index (χ0n) is 11.3. The highest BCUT2D eigenvalue weighted by Gasteiger charge is 2.22. The van der Waals surface area contributed by atoms with Gasteiger partial charge in [-0.3, -0.25) is 4.79 Å². The van der Waals surface area contributed by atoms with E-state index in [4.69, 9.17) is 10.5 Å². The number of amides is 1. The number of benzene rings is 1. The van der Waals surface area contributed by atoms with Gasteiger partial charge in [0.05, 0.1) is 18.8 Å². The molecule has 0 radical (unpaired) electrons. The number of esters is 1. The molecule has 5 nitrogen and oxygen atoms in total. The summed E-state index contributed by atoms with van der Waals surface area (Å²) >= 11 is 1.29. The fourth-order valence-corrected chi connectivity index (χ4v) is 2.88. The van der Waals surface area contributed by atoms with Crippen LogP contribution < -0.4 is 11.1 Å². The lowest BCUT2D eigenvalue weighted by Gasteiger charge is -2.10. The third-order valence-electron chi connectivity index (χ3n) is 2.99. The molecule has 106 valence electrons. The summed E-state index contributed by atoms with van der Waals surface area (Å²) in [6.45, 7) is 1.83. The molecular weight excluding hydrogens is 276 g/mol. The summed E-state index contributed by atoms with van der Waals surface area (Å²) in [6, 6.07) is 6.88. The molecule has 0 aliphatic heterocycles. The number of hydrogen-bond donors (Lipinski definition) is 2. The molecule has 20 heavy (non-hydrogen) atoms. The van der Waals surface area contributed by atoms with E-state index >= 15 is 0 Å². The van der Waals surface area contributed by atoms with Gasteiger partial charge in [0.25, 0.3) is 0 Å². The van der Waals surface area contributed by atoms with E-state index in [2.05, 4.69) is 5.32 Å². The monoisotopic (exact) mass is 292 g/mol. The first kappa shape index (κ1) is 14.5. The van der Waals surface area contributed by atoms with Crippen LogP contribution in [0.2, 0.25) is 0 Å². The zero-order valence-corrected chi connectivity index (χ0v) is 12.1. The van der Waals surface area contributed by atoms with Crippen LogP contribution in [0.3, 0.4) is 0 Å². The fraction of sp³-hybridized carbons (Fsp3) is 0.286. The van der Waals surface area contributed by atoms with Gasteiger partial charge in [0.15, 0.2) is 0 Å². The molecule has 0 saturated heterocycles. The van der Waals surface area contributed by atoms with Crippen LogP contribution in [0.15, 0.2) is 24.3 Å². The maximum atomic E-state index is 12.0. The van der Waals surface area contributed by atoms with E-state index < -0.39 is 12.0 Å². The number of anilines is 1. The van der Waals surface area contributed by atoms with Crippen molar-refractivity contribution in [2.45, 2.75) is 19.4 Å². The van der Waals surface area contributed by atoms with Crippen molar-refractivity contribution < 1.29 is 14.3 Å². The van der Waals surface area contributed by atoms with Gasteiger partial charge in [-0.2, -0.15) is 0 Å². The third-order valence-corrected chi connectivity index (χ3v) is 4.14. The molecule has 0 bridgehead atoms. The van der Waals surface area contributed by atoms with Crippen LogP contribution in [0.1, 0.15) is 23.0 Å². The van der Waals surface area contributed by atoms with E-state index in [9.17, 15) is 9.59 Å². The van der Waals surface area contributed by atoms with Crippen LogP contribution in [0, 0.1) is 0 Å². The molecule has 3 N–H and O–H groups in total. The van der Waals surface area contributed by atoms with Crippen molar-refractivity contribution in [2.24, 2.45) is 5.73 Å². The second-order valence-electron chi connectivity index (χ2n) is 4.30. The van der Waals surface area contributed by atoms with Crippen LogP contribution in [-0.2, 0) is 9.53 Å². The van der Waals surface area contributed by atoms with Gasteiger partial charge in [0.2, 0.25) is 5.91 Å². The minimum absolute atomic E-state index is 0.304. The highest BCUT2D eigenvalue weighted by Crippen LogP contribution is 2.36. The van der Waals surface area contributed by atoms with Gasteiger partial charge in [-0.05, 0) is 12.5 Å². The van der Waals surface area contributed by atoms with Gasteiger partial charge in [-0.1, -0.05) is 25.1 Å². The summed E-state index contributed by atoms with van der Waals surface area (Å²) < 4.78 is 5.67. The lowest BCUT2D eigenvalue weighted by atomic mass is 10.2. The second-order valence-corrected chi connectivity index (χ2v) is 5.35. The number of rotatable bonds is 4. The minimum Gasteiger partial charge on any atom is -0.465 e. The normalized spacial score (nSPS) is 12.2. The predicted octanol–water partition coefficient (Wildman–Crippen LogP) is 2.36. The number of fused-ring (bicyclic) bond motifs is 1. The Morgan fingerprint density at radius 2 is 2.10 bits per heavy atom.